The number of benzene rings is 1. The second kappa shape index (κ2) is 6.45. The first-order chi connectivity index (χ1) is 10.7. The highest BCUT2D eigenvalue weighted by Gasteiger charge is 2.39. The highest BCUT2D eigenvalue weighted by Crippen LogP contribution is 2.22. The summed E-state index contributed by atoms with van der Waals surface area (Å²) in [6, 6.07) is 7.59. The van der Waals surface area contributed by atoms with Gasteiger partial charge in [-0.05, 0) is 12.1 Å². The average Bonchev–Trinajstić information content (AvgIpc) is 2.80. The summed E-state index contributed by atoms with van der Waals surface area (Å²) in [4.78, 5) is 12.7. The van der Waals surface area contributed by atoms with Gasteiger partial charge < -0.3 is 14.6 Å². The van der Waals surface area contributed by atoms with Crippen molar-refractivity contribution in [2.75, 3.05) is 13.6 Å². The van der Waals surface area contributed by atoms with Gasteiger partial charge in [0.15, 0.2) is 6.10 Å². The van der Waals surface area contributed by atoms with Gasteiger partial charge >= 0.3 is 6.18 Å². The van der Waals surface area contributed by atoms with Gasteiger partial charge in [-0.2, -0.15) is 13.2 Å². The van der Waals surface area contributed by atoms with Gasteiger partial charge in [-0.1, -0.05) is 18.2 Å². The van der Waals surface area contributed by atoms with Crippen molar-refractivity contribution in [2.24, 2.45) is 7.05 Å². The number of halogens is 3. The fourth-order valence-corrected chi connectivity index (χ4v) is 2.25. The Kier molecular flexibility index (Phi) is 4.79. The number of alkyl halides is 3. The molecule has 1 heterocycles. The van der Waals surface area contributed by atoms with Gasteiger partial charge in [0.1, 0.15) is 0 Å². The molecule has 1 aromatic carbocycles. The number of carbonyl (C=O) groups is 1. The summed E-state index contributed by atoms with van der Waals surface area (Å²) < 4.78 is 38.8. The summed E-state index contributed by atoms with van der Waals surface area (Å²) >= 11 is 0. The smallest absolute Gasteiger partial charge is 0.382 e. The lowest BCUT2D eigenvalue weighted by atomic mass is 10.1. The molecule has 0 bridgehead atoms. The van der Waals surface area contributed by atoms with Crippen molar-refractivity contribution >= 4 is 22.9 Å². The van der Waals surface area contributed by atoms with Crippen molar-refractivity contribution in [3.8, 4) is 0 Å². The fourth-order valence-electron chi connectivity index (χ4n) is 2.25. The van der Waals surface area contributed by atoms with Crippen LogP contribution in [-0.4, -0.2) is 46.4 Å². The molecule has 0 saturated heterocycles. The third-order valence-corrected chi connectivity index (χ3v) is 3.53. The highest BCUT2D eigenvalue weighted by atomic mass is 19.4. The van der Waals surface area contributed by atoms with Crippen LogP contribution in [0.4, 0.5) is 13.2 Å². The van der Waals surface area contributed by atoms with Crippen LogP contribution in [-0.2, 0) is 11.8 Å². The van der Waals surface area contributed by atoms with Crippen LogP contribution in [0.15, 0.2) is 36.5 Å². The van der Waals surface area contributed by atoms with Crippen LogP contribution in [0.3, 0.4) is 0 Å². The predicted octanol–water partition coefficient (Wildman–Crippen LogP) is 2.57. The van der Waals surface area contributed by atoms with E-state index in [0.717, 1.165) is 21.4 Å². The molecule has 0 aliphatic carbocycles. The summed E-state index contributed by atoms with van der Waals surface area (Å²) in [6.45, 7) is -0.803. The van der Waals surface area contributed by atoms with E-state index >= 15 is 0 Å². The standard InChI is InChI=1S/C16H17F3N2O2/c1-20-9-11(12-5-3-4-6-13(12)20)7-8-15(23)21(2)10-14(22)16(17,18)19/h3-9,14,22H,10H2,1-2H3/b8-7+. The molecule has 0 aliphatic rings. The Morgan fingerprint density at radius 2 is 2.04 bits per heavy atom. The Hall–Kier alpha value is -2.28. The molecule has 4 nitrogen and oxygen atoms in total. The van der Waals surface area contributed by atoms with Crippen LogP contribution in [0, 0.1) is 0 Å². The van der Waals surface area contributed by atoms with E-state index in [9.17, 15) is 18.0 Å². The zero-order chi connectivity index (χ0) is 17.2. The number of nitrogens with zero attached hydrogens (tertiary/aromatic N) is 2. The van der Waals surface area contributed by atoms with E-state index in [0.29, 0.717) is 0 Å². The number of aromatic nitrogens is 1. The Balaban J connectivity index is 2.11. The lowest BCUT2D eigenvalue weighted by Crippen LogP contribution is -2.41. The predicted molar refractivity (Wildman–Crippen MR) is 81.7 cm³/mol. The van der Waals surface area contributed by atoms with Gasteiger partial charge in [0.2, 0.25) is 5.91 Å². The summed E-state index contributed by atoms with van der Waals surface area (Å²) in [5, 5.41) is 9.93. The Bertz CT molecular complexity index is 734. The van der Waals surface area contributed by atoms with E-state index in [4.69, 9.17) is 5.11 Å². The number of fused-ring (bicyclic) bond motifs is 1. The number of hydrogen-bond donors (Lipinski definition) is 1. The van der Waals surface area contributed by atoms with Crippen LogP contribution in [0.2, 0.25) is 0 Å². The fraction of sp³-hybridized carbons (Fsp3) is 0.312. The van der Waals surface area contributed by atoms with Gasteiger partial charge in [-0.15, -0.1) is 0 Å². The molecule has 1 atom stereocenters. The van der Waals surface area contributed by atoms with Gasteiger partial charge in [0, 0.05) is 42.8 Å². The molecular weight excluding hydrogens is 309 g/mol. The molecular formula is C16H17F3N2O2. The average molecular weight is 326 g/mol. The lowest BCUT2D eigenvalue weighted by Gasteiger charge is -2.21. The Morgan fingerprint density at radius 1 is 1.39 bits per heavy atom. The van der Waals surface area contributed by atoms with Crippen molar-refractivity contribution in [1.82, 2.24) is 9.47 Å². The molecule has 1 unspecified atom stereocenters. The number of carbonyl (C=O) groups excluding carboxylic acids is 1. The molecule has 23 heavy (non-hydrogen) atoms. The molecule has 2 rings (SSSR count). The number of aliphatic hydroxyl groups is 1. The van der Waals surface area contributed by atoms with E-state index in [-0.39, 0.29) is 0 Å². The number of amides is 1. The van der Waals surface area contributed by atoms with Crippen molar-refractivity contribution in [1.29, 1.82) is 0 Å². The molecule has 0 saturated carbocycles. The van der Waals surface area contributed by atoms with Crippen LogP contribution in [0.25, 0.3) is 17.0 Å². The molecule has 0 fully saturated rings. The number of hydrogen-bond acceptors (Lipinski definition) is 2. The van der Waals surface area contributed by atoms with E-state index in [1.807, 2.05) is 42.1 Å². The maximum absolute atomic E-state index is 12.3. The quantitative estimate of drug-likeness (QED) is 0.878. The zero-order valence-electron chi connectivity index (χ0n) is 12.7. The van der Waals surface area contributed by atoms with E-state index < -0.39 is 24.7 Å². The SMILES string of the molecule is CN(CC(O)C(F)(F)F)C(=O)/C=C/c1cn(C)c2ccccc12. The van der Waals surface area contributed by atoms with Gasteiger partial charge in [0.05, 0.1) is 6.54 Å². The summed E-state index contributed by atoms with van der Waals surface area (Å²) in [5.74, 6) is -0.610. The van der Waals surface area contributed by atoms with E-state index in [1.165, 1.54) is 13.1 Å². The molecule has 1 amide bonds. The Morgan fingerprint density at radius 3 is 2.70 bits per heavy atom. The van der Waals surface area contributed by atoms with Crippen LogP contribution in [0.1, 0.15) is 5.56 Å². The van der Waals surface area contributed by atoms with Crippen molar-refractivity contribution in [3.63, 3.8) is 0 Å². The van der Waals surface area contributed by atoms with Crippen molar-refractivity contribution in [2.45, 2.75) is 12.3 Å². The molecule has 0 aliphatic heterocycles. The number of aliphatic hydroxyl groups excluding tert-OH is 1. The van der Waals surface area contributed by atoms with Gasteiger partial charge in [-0.3, -0.25) is 4.79 Å². The van der Waals surface area contributed by atoms with Crippen LogP contribution < -0.4 is 0 Å². The number of rotatable bonds is 4. The summed E-state index contributed by atoms with van der Waals surface area (Å²) in [5.41, 5.74) is 1.78. The molecule has 1 N–H and O–H groups in total. The maximum Gasteiger partial charge on any atom is 0.416 e. The minimum atomic E-state index is -4.74. The topological polar surface area (TPSA) is 45.5 Å². The summed E-state index contributed by atoms with van der Waals surface area (Å²) in [6.07, 6.45) is -2.71. The van der Waals surface area contributed by atoms with E-state index in [1.54, 1.807) is 6.08 Å². The number of aryl methyl sites for hydroxylation is 1. The van der Waals surface area contributed by atoms with Gasteiger partial charge in [-0.25, -0.2) is 0 Å². The number of para-hydroxylation sites is 1. The molecule has 1 aromatic heterocycles. The van der Waals surface area contributed by atoms with Crippen molar-refractivity contribution in [3.05, 3.63) is 42.1 Å². The highest BCUT2D eigenvalue weighted by molar-refractivity contribution is 5.96. The van der Waals surface area contributed by atoms with E-state index in [2.05, 4.69) is 0 Å². The van der Waals surface area contributed by atoms with Crippen LogP contribution >= 0.6 is 0 Å². The third kappa shape index (κ3) is 3.92. The molecule has 0 radical (unpaired) electrons. The van der Waals surface area contributed by atoms with Crippen molar-refractivity contribution < 1.29 is 23.1 Å². The first-order valence-electron chi connectivity index (χ1n) is 6.92. The second-order valence-corrected chi connectivity index (χ2v) is 5.32. The maximum atomic E-state index is 12.3. The first-order valence-corrected chi connectivity index (χ1v) is 6.92. The minimum absolute atomic E-state index is 0.610. The minimum Gasteiger partial charge on any atom is -0.382 e. The monoisotopic (exact) mass is 326 g/mol. The summed E-state index contributed by atoms with van der Waals surface area (Å²) in [7, 11) is 3.08. The third-order valence-electron chi connectivity index (χ3n) is 3.53. The first kappa shape index (κ1) is 17.1. The lowest BCUT2D eigenvalue weighted by molar-refractivity contribution is -0.207. The Labute approximate surface area is 131 Å². The second-order valence-electron chi connectivity index (χ2n) is 5.32. The zero-order valence-corrected chi connectivity index (χ0v) is 12.7. The molecule has 0 spiro atoms. The molecule has 124 valence electrons. The number of likely N-dealkylation sites (N-methyl/N-ethyl adjacent to an activating group) is 1. The molecule has 2 aromatic rings. The van der Waals surface area contributed by atoms with Gasteiger partial charge in [0.25, 0.3) is 0 Å². The molecule has 7 heteroatoms. The normalized spacial score (nSPS) is 13.7. The largest absolute Gasteiger partial charge is 0.416 e. The van der Waals surface area contributed by atoms with Crippen LogP contribution in [0.5, 0.6) is 0 Å².